The summed E-state index contributed by atoms with van der Waals surface area (Å²) in [5, 5.41) is 22.8. The molecule has 14 nitrogen and oxygen atoms in total. The fourth-order valence-electron chi connectivity index (χ4n) is 3.53. The lowest BCUT2D eigenvalue weighted by atomic mass is 9.95. The van der Waals surface area contributed by atoms with Gasteiger partial charge in [0, 0.05) is 52.0 Å². The molecule has 4 aromatic heterocycles. The molecule has 4 heterocycles. The standard InChI is InChI=1S/C25H30N10O4/c1-25(2,14-36)13-30-22(37)18-11-29-21-16(26-3)9-19(32-35(18)21)31-15-7-6-8-34(24(15)39)20-12-27-17(10-28-20)23(38)33(4)5/h6-12,26,36H,13-14H2,1-5H3,(H,30,37)(H,31,32). The zero-order chi connectivity index (χ0) is 28.3. The van der Waals surface area contributed by atoms with Crippen LogP contribution < -0.4 is 21.5 Å². The van der Waals surface area contributed by atoms with E-state index in [0.717, 1.165) is 0 Å². The summed E-state index contributed by atoms with van der Waals surface area (Å²) in [6, 6.07) is 4.90. The molecular weight excluding hydrogens is 504 g/mol. The summed E-state index contributed by atoms with van der Waals surface area (Å²) in [5.74, 6) is -0.198. The van der Waals surface area contributed by atoms with Gasteiger partial charge in [0.2, 0.25) is 0 Å². The van der Waals surface area contributed by atoms with Crippen molar-refractivity contribution in [3.05, 3.63) is 64.7 Å². The Balaban J connectivity index is 1.65. The van der Waals surface area contributed by atoms with E-state index >= 15 is 0 Å². The first-order valence-electron chi connectivity index (χ1n) is 12.0. The van der Waals surface area contributed by atoms with Crippen LogP contribution in [0.3, 0.4) is 0 Å². The first-order chi connectivity index (χ1) is 18.5. The maximum atomic E-state index is 13.3. The first-order valence-corrected chi connectivity index (χ1v) is 12.0. The zero-order valence-electron chi connectivity index (χ0n) is 22.3. The maximum Gasteiger partial charge on any atom is 0.280 e. The van der Waals surface area contributed by atoms with Crippen molar-refractivity contribution in [3.8, 4) is 5.82 Å². The minimum absolute atomic E-state index is 0.0881. The number of pyridine rings is 1. The fourth-order valence-corrected chi connectivity index (χ4v) is 3.53. The van der Waals surface area contributed by atoms with Gasteiger partial charge in [-0.15, -0.1) is 5.10 Å². The molecule has 0 fully saturated rings. The van der Waals surface area contributed by atoms with Crippen molar-refractivity contribution in [2.45, 2.75) is 13.8 Å². The second-order valence-corrected chi connectivity index (χ2v) is 9.76. The SMILES string of the molecule is CNc1cc(Nc2cccn(-c3cnc(C(=O)N(C)C)cn3)c2=O)nn2c(C(=O)NCC(C)(C)CO)cnc12. The number of nitrogens with one attached hydrogen (secondary N) is 3. The highest BCUT2D eigenvalue weighted by molar-refractivity contribution is 5.94. The second kappa shape index (κ2) is 10.9. The van der Waals surface area contributed by atoms with Crippen molar-refractivity contribution in [2.24, 2.45) is 5.41 Å². The topological polar surface area (TPSA) is 172 Å². The van der Waals surface area contributed by atoms with E-state index in [9.17, 15) is 19.5 Å². The van der Waals surface area contributed by atoms with Crippen LogP contribution >= 0.6 is 0 Å². The molecule has 0 spiro atoms. The van der Waals surface area contributed by atoms with E-state index in [1.807, 2.05) is 13.8 Å². The highest BCUT2D eigenvalue weighted by Gasteiger charge is 2.21. The molecule has 0 aliphatic carbocycles. The number of imidazole rings is 1. The molecule has 204 valence electrons. The Bertz CT molecular complexity index is 1570. The van der Waals surface area contributed by atoms with Crippen molar-refractivity contribution in [1.82, 2.24) is 39.3 Å². The van der Waals surface area contributed by atoms with Crippen LogP contribution in [0.5, 0.6) is 0 Å². The maximum absolute atomic E-state index is 13.3. The summed E-state index contributed by atoms with van der Waals surface area (Å²) < 4.78 is 2.67. The molecule has 39 heavy (non-hydrogen) atoms. The highest BCUT2D eigenvalue weighted by atomic mass is 16.3. The van der Waals surface area contributed by atoms with Gasteiger partial charge in [0.1, 0.15) is 11.4 Å². The van der Waals surface area contributed by atoms with Gasteiger partial charge in [0.25, 0.3) is 17.4 Å². The summed E-state index contributed by atoms with van der Waals surface area (Å²) in [4.78, 5) is 52.3. The molecule has 4 N–H and O–H groups in total. The molecule has 4 aromatic rings. The Labute approximate surface area is 223 Å². The number of aliphatic hydroxyl groups is 1. The largest absolute Gasteiger partial charge is 0.396 e. The first kappa shape index (κ1) is 27.2. The quantitative estimate of drug-likeness (QED) is 0.242. The van der Waals surface area contributed by atoms with Crippen molar-refractivity contribution in [1.29, 1.82) is 0 Å². The van der Waals surface area contributed by atoms with Crippen LogP contribution in [0, 0.1) is 5.41 Å². The van der Waals surface area contributed by atoms with Crippen LogP contribution in [0.15, 0.2) is 47.8 Å². The number of fused-ring (bicyclic) bond motifs is 1. The number of aliphatic hydroxyl groups excluding tert-OH is 1. The van der Waals surface area contributed by atoms with Crippen LogP contribution in [0.1, 0.15) is 34.8 Å². The predicted molar refractivity (Wildman–Crippen MR) is 145 cm³/mol. The van der Waals surface area contributed by atoms with Crippen LogP contribution in [0.4, 0.5) is 17.2 Å². The fraction of sp³-hybridized carbons (Fsp3) is 0.320. The Hall–Kier alpha value is -4.85. The molecule has 4 rings (SSSR count). The summed E-state index contributed by atoms with van der Waals surface area (Å²) in [6.45, 7) is 3.83. The molecule has 2 amide bonds. The number of nitrogens with zero attached hydrogens (tertiary/aromatic N) is 7. The van der Waals surface area contributed by atoms with Crippen LogP contribution in [-0.4, -0.2) is 85.2 Å². The van der Waals surface area contributed by atoms with Gasteiger partial charge in [-0.1, -0.05) is 13.8 Å². The normalized spacial score (nSPS) is 11.3. The number of anilines is 3. The van der Waals surface area contributed by atoms with Crippen LogP contribution in [0.2, 0.25) is 0 Å². The van der Waals surface area contributed by atoms with E-state index in [1.165, 1.54) is 38.8 Å². The van der Waals surface area contributed by atoms with Gasteiger partial charge in [0.05, 0.1) is 24.3 Å². The minimum atomic E-state index is -0.494. The summed E-state index contributed by atoms with van der Waals surface area (Å²) in [5.41, 5.74) is 0.605. The second-order valence-electron chi connectivity index (χ2n) is 9.76. The third-order valence-electron chi connectivity index (χ3n) is 5.85. The van der Waals surface area contributed by atoms with Gasteiger partial charge < -0.3 is 26.0 Å². The van der Waals surface area contributed by atoms with E-state index in [0.29, 0.717) is 11.3 Å². The van der Waals surface area contributed by atoms with E-state index in [-0.39, 0.29) is 47.8 Å². The Morgan fingerprint density at radius 3 is 2.51 bits per heavy atom. The summed E-state index contributed by atoms with van der Waals surface area (Å²) >= 11 is 0. The van der Waals surface area contributed by atoms with E-state index in [4.69, 9.17) is 0 Å². The number of rotatable bonds is 9. The molecular formula is C25H30N10O4. The lowest BCUT2D eigenvalue weighted by Gasteiger charge is -2.21. The third kappa shape index (κ3) is 5.70. The van der Waals surface area contributed by atoms with Gasteiger partial charge in [-0.05, 0) is 12.1 Å². The van der Waals surface area contributed by atoms with E-state index < -0.39 is 16.9 Å². The minimum Gasteiger partial charge on any atom is -0.396 e. The van der Waals surface area contributed by atoms with Crippen molar-refractivity contribution < 1.29 is 14.7 Å². The van der Waals surface area contributed by atoms with Crippen molar-refractivity contribution in [3.63, 3.8) is 0 Å². The number of aromatic nitrogens is 6. The predicted octanol–water partition coefficient (Wildman–Crippen LogP) is 0.906. The van der Waals surface area contributed by atoms with E-state index in [1.54, 1.807) is 39.3 Å². The molecule has 0 aliphatic rings. The number of hydrogen-bond acceptors (Lipinski definition) is 10. The summed E-state index contributed by atoms with van der Waals surface area (Å²) in [6.07, 6.45) is 5.60. The highest BCUT2D eigenvalue weighted by Crippen LogP contribution is 2.22. The summed E-state index contributed by atoms with van der Waals surface area (Å²) in [7, 11) is 4.93. The van der Waals surface area contributed by atoms with Crippen LogP contribution in [0.25, 0.3) is 11.5 Å². The molecule has 0 unspecified atom stereocenters. The smallest absolute Gasteiger partial charge is 0.280 e. The van der Waals surface area contributed by atoms with Gasteiger partial charge in [-0.25, -0.2) is 19.5 Å². The van der Waals surface area contributed by atoms with Gasteiger partial charge in [-0.3, -0.25) is 19.0 Å². The van der Waals surface area contributed by atoms with Gasteiger partial charge >= 0.3 is 0 Å². The van der Waals surface area contributed by atoms with Crippen LogP contribution in [-0.2, 0) is 0 Å². The van der Waals surface area contributed by atoms with Crippen molar-refractivity contribution in [2.75, 3.05) is 44.9 Å². The van der Waals surface area contributed by atoms with Gasteiger partial charge in [0.15, 0.2) is 23.0 Å². The van der Waals surface area contributed by atoms with E-state index in [2.05, 4.69) is 36.0 Å². The number of carbonyl (C=O) groups is 2. The average Bonchev–Trinajstić information content (AvgIpc) is 3.36. The average molecular weight is 535 g/mol. The molecule has 0 aliphatic heterocycles. The number of carbonyl (C=O) groups excluding carboxylic acids is 2. The molecule has 0 saturated carbocycles. The lowest BCUT2D eigenvalue weighted by Crippen LogP contribution is -2.36. The number of amides is 2. The zero-order valence-corrected chi connectivity index (χ0v) is 22.3. The molecule has 0 atom stereocenters. The Morgan fingerprint density at radius 1 is 1.10 bits per heavy atom. The third-order valence-corrected chi connectivity index (χ3v) is 5.85. The Morgan fingerprint density at radius 2 is 1.87 bits per heavy atom. The molecule has 0 radical (unpaired) electrons. The monoisotopic (exact) mass is 534 g/mol. The van der Waals surface area contributed by atoms with Gasteiger partial charge in [-0.2, -0.15) is 0 Å². The lowest BCUT2D eigenvalue weighted by molar-refractivity contribution is 0.0821. The molecule has 0 aromatic carbocycles. The molecule has 14 heteroatoms. The molecule has 0 bridgehead atoms. The molecule has 0 saturated heterocycles. The number of hydrogen-bond donors (Lipinski definition) is 4. The Kier molecular flexibility index (Phi) is 7.58. The van der Waals surface area contributed by atoms with Crippen molar-refractivity contribution >= 4 is 34.7 Å².